The maximum Gasteiger partial charge on any atom is 0.258 e. The third-order valence-corrected chi connectivity index (χ3v) is 10.7. The highest BCUT2D eigenvalue weighted by Gasteiger charge is 2.56. The molecule has 27 heavy (non-hydrogen) atoms. The third-order valence-electron chi connectivity index (χ3n) is 6.10. The Labute approximate surface area is 162 Å². The van der Waals surface area contributed by atoms with Crippen LogP contribution in [0.3, 0.4) is 0 Å². The van der Waals surface area contributed by atoms with Crippen LogP contribution in [-0.4, -0.2) is 48.2 Å². The Hall–Kier alpha value is -1.50. The molecule has 0 saturated carbocycles. The summed E-state index contributed by atoms with van der Waals surface area (Å²) in [6.45, 7) is 4.15. The first-order valence-corrected chi connectivity index (χ1v) is 11.6. The fourth-order valence-corrected chi connectivity index (χ4v) is 7.99. The summed E-state index contributed by atoms with van der Waals surface area (Å²) < 4.78 is 5.52. The van der Waals surface area contributed by atoms with Crippen LogP contribution < -0.4 is 10.4 Å². The second-order valence-corrected chi connectivity index (χ2v) is 12.1. The van der Waals surface area contributed by atoms with Gasteiger partial charge in [-0.05, 0) is 28.3 Å². The minimum absolute atomic E-state index is 0.0589. The lowest BCUT2D eigenvalue weighted by molar-refractivity contribution is 0.159. The lowest BCUT2D eigenvalue weighted by Crippen LogP contribution is -2.65. The van der Waals surface area contributed by atoms with E-state index >= 15 is 0 Å². The van der Waals surface area contributed by atoms with Crippen molar-refractivity contribution in [3.8, 4) is 0 Å². The summed E-state index contributed by atoms with van der Waals surface area (Å²) in [4.78, 5) is 12.1. The molecule has 1 fully saturated rings. The molecule has 0 radical (unpaired) electrons. The summed E-state index contributed by atoms with van der Waals surface area (Å²) >= 11 is 0. The van der Waals surface area contributed by atoms with Gasteiger partial charge in [-0.3, -0.25) is 0 Å². The normalized spacial score (nSPS) is 22.6. The summed E-state index contributed by atoms with van der Waals surface area (Å²) in [5.41, 5.74) is -0.593. The molecule has 0 bridgehead atoms. The predicted molar refractivity (Wildman–Crippen MR) is 110 cm³/mol. The maximum atomic E-state index is 12.1. The second kappa shape index (κ2) is 7.85. The molecule has 2 atom stereocenters. The Kier molecular flexibility index (Phi) is 5.89. The van der Waals surface area contributed by atoms with Crippen LogP contribution in [-0.2, 0) is 4.74 Å². The zero-order valence-corrected chi connectivity index (χ0v) is 17.1. The highest BCUT2D eigenvalue weighted by atomic mass is 28.4. The first-order chi connectivity index (χ1) is 12.9. The summed E-state index contributed by atoms with van der Waals surface area (Å²) in [5, 5.41) is 20.6. The molecule has 1 heterocycles. The van der Waals surface area contributed by atoms with Gasteiger partial charge in [-0.15, -0.1) is 0 Å². The van der Waals surface area contributed by atoms with Gasteiger partial charge in [0.25, 0.3) is 8.32 Å². The van der Waals surface area contributed by atoms with Crippen LogP contribution in [0, 0.1) is 0 Å². The Morgan fingerprint density at radius 2 is 1.48 bits per heavy atom. The van der Waals surface area contributed by atoms with Crippen molar-refractivity contribution in [2.24, 2.45) is 0 Å². The molecule has 0 spiro atoms. The molecular weight excluding hydrogens is 356 g/mol. The van der Waals surface area contributed by atoms with Crippen LogP contribution in [0.15, 0.2) is 60.7 Å². The Morgan fingerprint density at radius 3 is 1.89 bits per heavy atom. The zero-order valence-electron chi connectivity index (χ0n) is 16.1. The SMILES string of the molecule is CC(C)(CCC[C@]1(CO)O[C@H]1CO)[Si](O)(c1ccccc1)c1ccccc1. The average molecular weight is 387 g/mol. The molecule has 0 unspecified atom stereocenters. The van der Waals surface area contributed by atoms with Gasteiger partial charge in [0.2, 0.25) is 0 Å². The van der Waals surface area contributed by atoms with Crippen LogP contribution in [0.1, 0.15) is 33.1 Å². The van der Waals surface area contributed by atoms with Crippen molar-refractivity contribution in [2.75, 3.05) is 13.2 Å². The second-order valence-electron chi connectivity index (χ2n) is 8.19. The number of rotatable bonds is 9. The molecule has 0 aromatic heterocycles. The van der Waals surface area contributed by atoms with Gasteiger partial charge in [0, 0.05) is 0 Å². The molecule has 5 heteroatoms. The molecule has 2 aromatic carbocycles. The molecule has 1 saturated heterocycles. The van der Waals surface area contributed by atoms with Gasteiger partial charge in [-0.2, -0.15) is 0 Å². The number of aliphatic hydroxyl groups excluding tert-OH is 2. The van der Waals surface area contributed by atoms with Gasteiger partial charge < -0.3 is 19.7 Å². The van der Waals surface area contributed by atoms with Gasteiger partial charge in [0.1, 0.15) is 11.7 Å². The van der Waals surface area contributed by atoms with Crippen LogP contribution in [0.2, 0.25) is 5.04 Å². The van der Waals surface area contributed by atoms with Crippen molar-refractivity contribution in [1.29, 1.82) is 0 Å². The third kappa shape index (κ3) is 3.75. The van der Waals surface area contributed by atoms with Crippen molar-refractivity contribution in [3.63, 3.8) is 0 Å². The topological polar surface area (TPSA) is 73.2 Å². The number of epoxide rings is 1. The fraction of sp³-hybridized carbons (Fsp3) is 0.455. The molecular formula is C22H30O4Si. The number of aliphatic hydroxyl groups is 2. The van der Waals surface area contributed by atoms with E-state index in [2.05, 4.69) is 13.8 Å². The predicted octanol–water partition coefficient (Wildman–Crippen LogP) is 1.81. The molecule has 0 aliphatic carbocycles. The molecule has 3 N–H and O–H groups in total. The van der Waals surface area contributed by atoms with Crippen molar-refractivity contribution >= 4 is 18.7 Å². The standard InChI is InChI=1S/C22H30O4Si/c1-21(2,14-9-15-22(17-24)20(16-23)26-22)27(25,18-10-5-3-6-11-18)19-12-7-4-8-13-19/h3-8,10-13,20,23-25H,9,14-17H2,1-2H3/t20-,22+/m0/s1. The van der Waals surface area contributed by atoms with Gasteiger partial charge in [-0.25, -0.2) is 0 Å². The molecule has 3 rings (SSSR count). The zero-order chi connectivity index (χ0) is 19.5. The molecule has 2 aromatic rings. The van der Waals surface area contributed by atoms with E-state index in [1.807, 2.05) is 60.7 Å². The molecule has 1 aliphatic rings. The van der Waals surface area contributed by atoms with E-state index < -0.39 is 13.9 Å². The van der Waals surface area contributed by atoms with E-state index in [0.717, 1.165) is 23.2 Å². The van der Waals surface area contributed by atoms with E-state index in [0.29, 0.717) is 6.42 Å². The lowest BCUT2D eigenvalue weighted by atomic mass is 9.95. The van der Waals surface area contributed by atoms with Crippen LogP contribution in [0.25, 0.3) is 0 Å². The van der Waals surface area contributed by atoms with Gasteiger partial charge in [-0.1, -0.05) is 80.9 Å². The van der Waals surface area contributed by atoms with E-state index in [4.69, 9.17) is 4.74 Å². The summed E-state index contributed by atoms with van der Waals surface area (Å²) in [6.07, 6.45) is 2.05. The van der Waals surface area contributed by atoms with E-state index in [1.165, 1.54) is 0 Å². The van der Waals surface area contributed by atoms with Crippen molar-refractivity contribution in [1.82, 2.24) is 0 Å². The number of hydrogen-bond acceptors (Lipinski definition) is 4. The largest absolute Gasteiger partial charge is 0.424 e. The van der Waals surface area contributed by atoms with Crippen LogP contribution >= 0.6 is 0 Å². The minimum Gasteiger partial charge on any atom is -0.424 e. The van der Waals surface area contributed by atoms with Crippen molar-refractivity contribution in [2.45, 2.75) is 49.9 Å². The highest BCUT2D eigenvalue weighted by Crippen LogP contribution is 2.45. The molecule has 0 amide bonds. The first kappa shape index (κ1) is 20.2. The summed E-state index contributed by atoms with van der Waals surface area (Å²) in [5.74, 6) is 0. The van der Waals surface area contributed by atoms with Crippen molar-refractivity contribution < 1.29 is 19.7 Å². The maximum absolute atomic E-state index is 12.1. The number of ether oxygens (including phenoxy) is 1. The van der Waals surface area contributed by atoms with Gasteiger partial charge >= 0.3 is 0 Å². The first-order valence-electron chi connectivity index (χ1n) is 9.62. The van der Waals surface area contributed by atoms with E-state index in [9.17, 15) is 15.0 Å². The smallest absolute Gasteiger partial charge is 0.258 e. The van der Waals surface area contributed by atoms with E-state index in [1.54, 1.807) is 0 Å². The van der Waals surface area contributed by atoms with Gasteiger partial charge in [0.05, 0.1) is 13.2 Å². The monoisotopic (exact) mass is 386 g/mol. The summed E-state index contributed by atoms with van der Waals surface area (Å²) in [6, 6.07) is 20.0. The Balaban J connectivity index is 1.83. The number of hydrogen-bond donors (Lipinski definition) is 3. The fourth-order valence-electron chi connectivity index (χ4n) is 4.21. The van der Waals surface area contributed by atoms with Crippen LogP contribution in [0.5, 0.6) is 0 Å². The summed E-state index contributed by atoms with van der Waals surface area (Å²) in [7, 11) is -2.99. The molecule has 146 valence electrons. The highest BCUT2D eigenvalue weighted by molar-refractivity contribution is 6.98. The van der Waals surface area contributed by atoms with Crippen LogP contribution in [0.4, 0.5) is 0 Å². The minimum atomic E-state index is -2.99. The van der Waals surface area contributed by atoms with Crippen molar-refractivity contribution in [3.05, 3.63) is 60.7 Å². The van der Waals surface area contributed by atoms with E-state index in [-0.39, 0.29) is 24.4 Å². The average Bonchev–Trinajstić information content (AvgIpc) is 3.42. The number of benzene rings is 2. The molecule has 1 aliphatic heterocycles. The lowest BCUT2D eigenvalue weighted by Gasteiger charge is -2.41. The quantitative estimate of drug-likeness (QED) is 0.454. The van der Waals surface area contributed by atoms with Gasteiger partial charge in [0.15, 0.2) is 0 Å². The Morgan fingerprint density at radius 1 is 0.963 bits per heavy atom. The Bertz CT molecular complexity index is 695. The molecule has 4 nitrogen and oxygen atoms in total.